The van der Waals surface area contributed by atoms with Crippen molar-refractivity contribution in [2.45, 2.75) is 0 Å². The molecule has 0 bridgehead atoms. The molecule has 0 heteroatoms. The molecule has 14 aromatic rings. The molecule has 314 valence electrons. The first-order valence-electron chi connectivity index (χ1n) is 23.7. The second kappa shape index (κ2) is 15.4. The van der Waals surface area contributed by atoms with Crippen molar-refractivity contribution in [3.8, 4) is 55.6 Å². The second-order valence-corrected chi connectivity index (χ2v) is 18.1. The van der Waals surface area contributed by atoms with Gasteiger partial charge in [0.15, 0.2) is 0 Å². The van der Waals surface area contributed by atoms with Crippen molar-refractivity contribution in [1.29, 1.82) is 0 Å². The van der Waals surface area contributed by atoms with Crippen LogP contribution >= 0.6 is 0 Å². The SMILES string of the molecule is c1ccc2c(-c3c4ccccc4c(-c4ccc(-c5ccc(-c6c7ccccc7c(-c7cccc8ccccc78)c7ccccc67)c6ccccc56)c5ccccc45)c4ccccc34)cccc2c1. The van der Waals surface area contributed by atoms with Crippen LogP contribution in [-0.4, -0.2) is 0 Å². The maximum atomic E-state index is 2.39. The fourth-order valence-corrected chi connectivity index (χ4v) is 11.8. The monoisotopic (exact) mass is 858 g/mol. The molecular weight excluding hydrogens is 817 g/mol. The maximum absolute atomic E-state index is 2.39. The zero-order valence-electron chi connectivity index (χ0n) is 37.2. The predicted molar refractivity (Wildman–Crippen MR) is 294 cm³/mol. The number of fused-ring (bicyclic) bond motifs is 8. The molecule has 0 radical (unpaired) electrons. The molecule has 0 saturated heterocycles. The van der Waals surface area contributed by atoms with E-state index >= 15 is 0 Å². The highest BCUT2D eigenvalue weighted by Crippen LogP contribution is 2.50. The first-order valence-corrected chi connectivity index (χ1v) is 23.7. The first kappa shape index (κ1) is 38.4. The molecule has 0 spiro atoms. The Morgan fingerprint density at radius 2 is 0.309 bits per heavy atom. The summed E-state index contributed by atoms with van der Waals surface area (Å²) in [5.41, 5.74) is 12.6. The highest BCUT2D eigenvalue weighted by Gasteiger charge is 2.23. The van der Waals surface area contributed by atoms with Crippen LogP contribution < -0.4 is 0 Å². The molecular formula is C68H42. The molecule has 68 heavy (non-hydrogen) atoms. The van der Waals surface area contributed by atoms with E-state index in [2.05, 4.69) is 255 Å². The molecule has 0 atom stereocenters. The number of benzene rings is 14. The fraction of sp³-hybridized carbons (Fsp3) is 0. The van der Waals surface area contributed by atoms with E-state index in [-0.39, 0.29) is 0 Å². The standard InChI is InChI=1S/C68H42/c1-3-23-45-43(19-1)21-17-37-53(45)65-55-29-9-13-33-59(55)67(60-34-14-10-30-56(60)65)63-41-39-51(47-25-5-7-27-49(47)63)52-40-42-64(50-28-8-6-26-48(50)52)68-61-35-15-11-31-57(61)66(58-32-12-16-36-62(58)68)54-38-18-22-44-20-2-4-24-46(44)54/h1-42H. The Hall–Kier alpha value is -8.84. The van der Waals surface area contributed by atoms with Crippen LogP contribution in [0.1, 0.15) is 0 Å². The van der Waals surface area contributed by atoms with Gasteiger partial charge in [-0.1, -0.05) is 255 Å². The van der Waals surface area contributed by atoms with Gasteiger partial charge >= 0.3 is 0 Å². The number of rotatable bonds is 5. The van der Waals surface area contributed by atoms with Gasteiger partial charge in [0.25, 0.3) is 0 Å². The van der Waals surface area contributed by atoms with Gasteiger partial charge in [-0.2, -0.15) is 0 Å². The van der Waals surface area contributed by atoms with Gasteiger partial charge in [-0.3, -0.25) is 0 Å². The molecule has 0 heterocycles. The Morgan fingerprint density at radius 1 is 0.118 bits per heavy atom. The molecule has 0 nitrogen and oxygen atoms in total. The average molecular weight is 859 g/mol. The summed E-state index contributed by atoms with van der Waals surface area (Å²) in [6, 6.07) is 94.7. The Bertz CT molecular complexity index is 3970. The van der Waals surface area contributed by atoms with Gasteiger partial charge in [-0.05, 0) is 142 Å². The van der Waals surface area contributed by atoms with Gasteiger partial charge in [0.2, 0.25) is 0 Å². The third-order valence-corrected chi connectivity index (χ3v) is 14.7. The largest absolute Gasteiger partial charge is 0.0616 e. The molecule has 0 unspecified atom stereocenters. The van der Waals surface area contributed by atoms with E-state index in [0.717, 1.165) is 0 Å². The lowest BCUT2D eigenvalue weighted by Crippen LogP contribution is -1.94. The summed E-state index contributed by atoms with van der Waals surface area (Å²) >= 11 is 0. The van der Waals surface area contributed by atoms with E-state index in [0.29, 0.717) is 0 Å². The second-order valence-electron chi connectivity index (χ2n) is 18.1. The zero-order chi connectivity index (χ0) is 44.7. The van der Waals surface area contributed by atoms with Crippen LogP contribution in [0.25, 0.3) is 142 Å². The highest BCUT2D eigenvalue weighted by molar-refractivity contribution is 6.28. The summed E-state index contributed by atoms with van der Waals surface area (Å²) in [6.45, 7) is 0. The van der Waals surface area contributed by atoms with Crippen LogP contribution in [0.2, 0.25) is 0 Å². The van der Waals surface area contributed by atoms with Crippen LogP contribution in [0.4, 0.5) is 0 Å². The Morgan fingerprint density at radius 3 is 0.603 bits per heavy atom. The molecule has 0 aliphatic heterocycles. The zero-order valence-corrected chi connectivity index (χ0v) is 37.2. The lowest BCUT2D eigenvalue weighted by molar-refractivity contribution is 1.66. The predicted octanol–water partition coefficient (Wildman–Crippen LogP) is 19.2. The van der Waals surface area contributed by atoms with Crippen molar-refractivity contribution in [3.05, 3.63) is 255 Å². The van der Waals surface area contributed by atoms with Gasteiger partial charge in [-0.25, -0.2) is 0 Å². The van der Waals surface area contributed by atoms with Crippen molar-refractivity contribution >= 4 is 86.2 Å². The molecule has 14 rings (SSSR count). The average Bonchev–Trinajstić information content (AvgIpc) is 3.41. The number of hydrogen-bond donors (Lipinski definition) is 0. The van der Waals surface area contributed by atoms with E-state index in [1.165, 1.54) is 142 Å². The summed E-state index contributed by atoms with van der Waals surface area (Å²) in [4.78, 5) is 0. The van der Waals surface area contributed by atoms with Gasteiger partial charge in [0.1, 0.15) is 0 Å². The minimum atomic E-state index is 1.23. The lowest BCUT2D eigenvalue weighted by Gasteiger charge is -2.21. The van der Waals surface area contributed by atoms with Crippen molar-refractivity contribution in [2.75, 3.05) is 0 Å². The minimum absolute atomic E-state index is 1.23. The quantitative estimate of drug-likeness (QED) is 0.151. The van der Waals surface area contributed by atoms with Crippen molar-refractivity contribution in [2.24, 2.45) is 0 Å². The topological polar surface area (TPSA) is 0 Å². The molecule has 0 N–H and O–H groups in total. The smallest absolute Gasteiger partial charge is 0.00201 e. The summed E-state index contributed by atoms with van der Waals surface area (Å²) in [6.07, 6.45) is 0. The molecule has 0 fully saturated rings. The van der Waals surface area contributed by atoms with E-state index in [9.17, 15) is 0 Å². The normalized spacial score (nSPS) is 11.8. The summed E-state index contributed by atoms with van der Waals surface area (Å²) in [5.74, 6) is 0. The molecule has 0 saturated carbocycles. The van der Waals surface area contributed by atoms with Crippen LogP contribution in [0.15, 0.2) is 255 Å². The van der Waals surface area contributed by atoms with Crippen LogP contribution in [0, 0.1) is 0 Å². The Balaban J connectivity index is 0.993. The Labute approximate surface area is 394 Å². The fourth-order valence-electron chi connectivity index (χ4n) is 11.8. The molecule has 0 aromatic heterocycles. The van der Waals surface area contributed by atoms with Crippen molar-refractivity contribution in [3.63, 3.8) is 0 Å². The van der Waals surface area contributed by atoms with E-state index < -0.39 is 0 Å². The van der Waals surface area contributed by atoms with Crippen LogP contribution in [-0.2, 0) is 0 Å². The van der Waals surface area contributed by atoms with E-state index in [1.54, 1.807) is 0 Å². The minimum Gasteiger partial charge on any atom is -0.0616 e. The van der Waals surface area contributed by atoms with Crippen molar-refractivity contribution in [1.82, 2.24) is 0 Å². The summed E-state index contributed by atoms with van der Waals surface area (Å²) < 4.78 is 0. The van der Waals surface area contributed by atoms with Gasteiger partial charge in [0.05, 0.1) is 0 Å². The first-order chi connectivity index (χ1) is 33.8. The third-order valence-electron chi connectivity index (χ3n) is 14.7. The van der Waals surface area contributed by atoms with Crippen LogP contribution in [0.3, 0.4) is 0 Å². The lowest BCUT2D eigenvalue weighted by atomic mass is 9.82. The molecule has 14 aromatic carbocycles. The van der Waals surface area contributed by atoms with Crippen LogP contribution in [0.5, 0.6) is 0 Å². The number of hydrogen-bond acceptors (Lipinski definition) is 0. The molecule has 0 aliphatic carbocycles. The molecule has 0 aliphatic rings. The van der Waals surface area contributed by atoms with Gasteiger partial charge in [0, 0.05) is 0 Å². The van der Waals surface area contributed by atoms with E-state index in [1.807, 2.05) is 0 Å². The van der Waals surface area contributed by atoms with Gasteiger partial charge in [-0.15, -0.1) is 0 Å². The highest BCUT2D eigenvalue weighted by atomic mass is 14.3. The van der Waals surface area contributed by atoms with Gasteiger partial charge < -0.3 is 0 Å². The van der Waals surface area contributed by atoms with E-state index in [4.69, 9.17) is 0 Å². The summed E-state index contributed by atoms with van der Waals surface area (Å²) in [7, 11) is 0. The molecule has 0 amide bonds. The Kier molecular flexibility index (Phi) is 8.69. The third kappa shape index (κ3) is 5.74. The van der Waals surface area contributed by atoms with Crippen molar-refractivity contribution < 1.29 is 0 Å². The maximum Gasteiger partial charge on any atom is -0.00201 e. The summed E-state index contributed by atoms with van der Waals surface area (Å²) in [5, 5.41) is 20.1.